The van der Waals surface area contributed by atoms with E-state index in [1.54, 1.807) is 12.1 Å². The van der Waals surface area contributed by atoms with Crippen molar-refractivity contribution in [3.63, 3.8) is 0 Å². The standard InChI is InChI=1S/C14H20FNO2/c1-14(2,3)13(16)10(17)8-9-6-5-7-11(18-4)12(9)15/h5-7,13H,8,16H2,1-4H3. The molecule has 3 nitrogen and oxygen atoms in total. The van der Waals surface area contributed by atoms with Crippen molar-refractivity contribution in [1.82, 2.24) is 0 Å². The van der Waals surface area contributed by atoms with Crippen LogP contribution >= 0.6 is 0 Å². The number of rotatable bonds is 4. The first-order valence-electron chi connectivity index (χ1n) is 5.87. The van der Waals surface area contributed by atoms with E-state index in [1.165, 1.54) is 13.2 Å². The summed E-state index contributed by atoms with van der Waals surface area (Å²) in [6, 6.07) is 4.15. The molecule has 2 N–H and O–H groups in total. The van der Waals surface area contributed by atoms with Crippen LogP contribution in [0.25, 0.3) is 0 Å². The number of carbonyl (C=O) groups is 1. The molecule has 1 aromatic carbocycles. The lowest BCUT2D eigenvalue weighted by atomic mass is 9.83. The zero-order chi connectivity index (χ0) is 13.9. The van der Waals surface area contributed by atoms with E-state index in [-0.39, 0.29) is 23.4 Å². The molecule has 100 valence electrons. The van der Waals surface area contributed by atoms with Crippen molar-refractivity contribution >= 4 is 5.78 Å². The fourth-order valence-corrected chi connectivity index (χ4v) is 1.63. The van der Waals surface area contributed by atoms with E-state index in [0.717, 1.165) is 0 Å². The smallest absolute Gasteiger partial charge is 0.168 e. The number of ether oxygens (including phenoxy) is 1. The van der Waals surface area contributed by atoms with Crippen molar-refractivity contribution in [3.8, 4) is 5.75 Å². The SMILES string of the molecule is COc1cccc(CC(=O)C(N)C(C)(C)C)c1F. The van der Waals surface area contributed by atoms with Crippen LogP contribution in [0.4, 0.5) is 4.39 Å². The predicted octanol–water partition coefficient (Wildman–Crippen LogP) is 2.32. The minimum atomic E-state index is -0.608. The van der Waals surface area contributed by atoms with Crippen LogP contribution in [0.5, 0.6) is 5.75 Å². The van der Waals surface area contributed by atoms with Gasteiger partial charge in [-0.2, -0.15) is 0 Å². The fraction of sp³-hybridized carbons (Fsp3) is 0.500. The van der Waals surface area contributed by atoms with Crippen LogP contribution < -0.4 is 10.5 Å². The van der Waals surface area contributed by atoms with E-state index in [9.17, 15) is 9.18 Å². The fourth-order valence-electron chi connectivity index (χ4n) is 1.63. The Morgan fingerprint density at radius 3 is 2.56 bits per heavy atom. The second-order valence-electron chi connectivity index (χ2n) is 5.42. The van der Waals surface area contributed by atoms with Crippen molar-refractivity contribution in [3.05, 3.63) is 29.6 Å². The average molecular weight is 253 g/mol. The van der Waals surface area contributed by atoms with Gasteiger partial charge in [-0.1, -0.05) is 32.9 Å². The first-order chi connectivity index (χ1) is 8.27. The summed E-state index contributed by atoms with van der Waals surface area (Å²) in [5.74, 6) is -0.520. The van der Waals surface area contributed by atoms with Gasteiger partial charge in [-0.05, 0) is 17.0 Å². The zero-order valence-corrected chi connectivity index (χ0v) is 11.3. The van der Waals surface area contributed by atoms with Gasteiger partial charge in [0.15, 0.2) is 17.3 Å². The second kappa shape index (κ2) is 5.48. The minimum Gasteiger partial charge on any atom is -0.494 e. The third-order valence-electron chi connectivity index (χ3n) is 2.91. The quantitative estimate of drug-likeness (QED) is 0.896. The first-order valence-corrected chi connectivity index (χ1v) is 5.87. The largest absolute Gasteiger partial charge is 0.494 e. The van der Waals surface area contributed by atoms with Crippen LogP contribution in [-0.4, -0.2) is 18.9 Å². The molecule has 0 aliphatic carbocycles. The summed E-state index contributed by atoms with van der Waals surface area (Å²) < 4.78 is 18.8. The lowest BCUT2D eigenvalue weighted by Crippen LogP contribution is -2.43. The average Bonchev–Trinajstić information content (AvgIpc) is 2.29. The Labute approximate surface area is 107 Å². The number of hydrogen-bond acceptors (Lipinski definition) is 3. The molecule has 0 aliphatic heterocycles. The number of methoxy groups -OCH3 is 1. The maximum absolute atomic E-state index is 13.9. The van der Waals surface area contributed by atoms with Crippen LogP contribution in [0.3, 0.4) is 0 Å². The summed E-state index contributed by atoms with van der Waals surface area (Å²) in [6.45, 7) is 5.66. The van der Waals surface area contributed by atoms with Crippen molar-refractivity contribution in [2.45, 2.75) is 33.2 Å². The van der Waals surface area contributed by atoms with Crippen molar-refractivity contribution in [2.24, 2.45) is 11.1 Å². The number of ketones is 1. The number of halogens is 1. The zero-order valence-electron chi connectivity index (χ0n) is 11.3. The van der Waals surface area contributed by atoms with Gasteiger partial charge in [0.25, 0.3) is 0 Å². The van der Waals surface area contributed by atoms with E-state index >= 15 is 0 Å². The Morgan fingerprint density at radius 1 is 1.44 bits per heavy atom. The number of carbonyl (C=O) groups excluding carboxylic acids is 1. The molecule has 0 bridgehead atoms. The second-order valence-corrected chi connectivity index (χ2v) is 5.42. The molecule has 0 radical (unpaired) electrons. The predicted molar refractivity (Wildman–Crippen MR) is 69.1 cm³/mol. The molecular weight excluding hydrogens is 233 g/mol. The van der Waals surface area contributed by atoms with Gasteiger partial charge in [-0.15, -0.1) is 0 Å². The molecule has 1 aromatic rings. The molecule has 1 rings (SSSR count). The van der Waals surface area contributed by atoms with Crippen LogP contribution in [0.15, 0.2) is 18.2 Å². The Balaban J connectivity index is 2.89. The van der Waals surface area contributed by atoms with Crippen LogP contribution in [-0.2, 0) is 11.2 Å². The molecule has 0 saturated carbocycles. The monoisotopic (exact) mass is 253 g/mol. The molecule has 0 aliphatic rings. The summed E-state index contributed by atoms with van der Waals surface area (Å²) in [7, 11) is 1.39. The topological polar surface area (TPSA) is 52.3 Å². The number of nitrogens with two attached hydrogens (primary N) is 1. The van der Waals surface area contributed by atoms with Gasteiger partial charge in [0, 0.05) is 6.42 Å². The summed E-state index contributed by atoms with van der Waals surface area (Å²) in [6.07, 6.45) is -0.0124. The Morgan fingerprint density at radius 2 is 2.06 bits per heavy atom. The van der Waals surface area contributed by atoms with Gasteiger partial charge in [-0.25, -0.2) is 4.39 Å². The van der Waals surface area contributed by atoms with Crippen molar-refractivity contribution in [2.75, 3.05) is 7.11 Å². The Hall–Kier alpha value is -1.42. The summed E-state index contributed by atoms with van der Waals surface area (Å²) in [4.78, 5) is 12.0. The molecule has 0 saturated heterocycles. The maximum atomic E-state index is 13.9. The lowest BCUT2D eigenvalue weighted by molar-refractivity contribution is -0.121. The number of hydrogen-bond donors (Lipinski definition) is 1. The van der Waals surface area contributed by atoms with Gasteiger partial charge >= 0.3 is 0 Å². The van der Waals surface area contributed by atoms with Crippen LogP contribution in [0.1, 0.15) is 26.3 Å². The Bertz CT molecular complexity index is 438. The molecule has 0 fully saturated rings. The van der Waals surface area contributed by atoms with E-state index in [1.807, 2.05) is 20.8 Å². The van der Waals surface area contributed by atoms with E-state index < -0.39 is 11.9 Å². The van der Waals surface area contributed by atoms with Gasteiger partial charge in [0.05, 0.1) is 13.2 Å². The highest BCUT2D eigenvalue weighted by Gasteiger charge is 2.28. The molecule has 0 spiro atoms. The normalized spacial score (nSPS) is 13.2. The van der Waals surface area contributed by atoms with Gasteiger partial charge in [-0.3, -0.25) is 4.79 Å². The molecule has 0 heterocycles. The molecular formula is C14H20FNO2. The Kier molecular flexibility index (Phi) is 4.46. The highest BCUT2D eigenvalue weighted by atomic mass is 19.1. The highest BCUT2D eigenvalue weighted by Crippen LogP contribution is 2.23. The third kappa shape index (κ3) is 3.29. The summed E-state index contributed by atoms with van der Waals surface area (Å²) >= 11 is 0. The minimum absolute atomic E-state index is 0.0124. The van der Waals surface area contributed by atoms with E-state index in [4.69, 9.17) is 10.5 Å². The summed E-state index contributed by atoms with van der Waals surface area (Å²) in [5.41, 5.74) is 5.85. The number of benzene rings is 1. The molecule has 1 unspecified atom stereocenters. The van der Waals surface area contributed by atoms with E-state index in [0.29, 0.717) is 5.56 Å². The van der Waals surface area contributed by atoms with Gasteiger partial charge in [0.2, 0.25) is 0 Å². The van der Waals surface area contributed by atoms with Crippen molar-refractivity contribution < 1.29 is 13.9 Å². The molecule has 1 atom stereocenters. The first kappa shape index (κ1) is 14.6. The van der Waals surface area contributed by atoms with Gasteiger partial charge < -0.3 is 10.5 Å². The van der Waals surface area contributed by atoms with Crippen LogP contribution in [0.2, 0.25) is 0 Å². The van der Waals surface area contributed by atoms with E-state index in [2.05, 4.69) is 0 Å². The van der Waals surface area contributed by atoms with Gasteiger partial charge in [0.1, 0.15) is 0 Å². The summed E-state index contributed by atoms with van der Waals surface area (Å²) in [5, 5.41) is 0. The molecule has 18 heavy (non-hydrogen) atoms. The maximum Gasteiger partial charge on any atom is 0.168 e. The lowest BCUT2D eigenvalue weighted by Gasteiger charge is -2.25. The molecule has 0 amide bonds. The molecule has 4 heteroatoms. The van der Waals surface area contributed by atoms with Crippen molar-refractivity contribution in [1.29, 1.82) is 0 Å². The molecule has 0 aromatic heterocycles. The third-order valence-corrected chi connectivity index (χ3v) is 2.91. The highest BCUT2D eigenvalue weighted by molar-refractivity contribution is 5.86. The number of Topliss-reactive ketones (excluding diaryl/α,β-unsaturated/α-hetero) is 1. The van der Waals surface area contributed by atoms with Crippen LogP contribution in [0, 0.1) is 11.2 Å².